The molecule has 6 nitrogen and oxygen atoms in total. The van der Waals surface area contributed by atoms with Gasteiger partial charge in [-0.15, -0.1) is 10.2 Å². The third kappa shape index (κ3) is 4.59. The number of hydrogen-bond donors (Lipinski definition) is 1. The second kappa shape index (κ2) is 8.65. The molecular formula is C19H26N4O2. The van der Waals surface area contributed by atoms with Crippen LogP contribution in [0.1, 0.15) is 49.8 Å². The molecule has 0 atom stereocenters. The van der Waals surface area contributed by atoms with Crippen LogP contribution >= 0.6 is 0 Å². The molecule has 2 aromatic rings. The minimum Gasteiger partial charge on any atom is -0.494 e. The van der Waals surface area contributed by atoms with Crippen molar-refractivity contribution >= 4 is 5.91 Å². The number of carbonyl (C=O) groups is 1. The number of aromatic nitrogens is 3. The number of rotatable bonds is 7. The van der Waals surface area contributed by atoms with Gasteiger partial charge in [-0.2, -0.15) is 0 Å². The van der Waals surface area contributed by atoms with Crippen LogP contribution in [-0.2, 0) is 30.7 Å². The van der Waals surface area contributed by atoms with Crippen LogP contribution in [0, 0.1) is 0 Å². The molecule has 0 unspecified atom stereocenters. The summed E-state index contributed by atoms with van der Waals surface area (Å²) in [5.41, 5.74) is 1.07. The first kappa shape index (κ1) is 17.5. The number of carbonyl (C=O) groups excluding carboxylic acids is 1. The van der Waals surface area contributed by atoms with Crippen LogP contribution in [0.2, 0.25) is 0 Å². The zero-order valence-electron chi connectivity index (χ0n) is 14.8. The Hall–Kier alpha value is -2.37. The molecule has 0 aliphatic carbocycles. The molecule has 0 radical (unpaired) electrons. The minimum atomic E-state index is 0.0253. The van der Waals surface area contributed by atoms with E-state index in [9.17, 15) is 4.79 Å². The first-order chi connectivity index (χ1) is 12.3. The molecule has 134 valence electrons. The summed E-state index contributed by atoms with van der Waals surface area (Å²) < 4.78 is 7.77. The van der Waals surface area contributed by atoms with Gasteiger partial charge in [0.15, 0.2) is 5.82 Å². The lowest BCUT2D eigenvalue weighted by molar-refractivity contribution is -0.121. The van der Waals surface area contributed by atoms with Gasteiger partial charge < -0.3 is 14.6 Å². The second-order valence-electron chi connectivity index (χ2n) is 6.31. The maximum Gasteiger partial charge on any atom is 0.220 e. The standard InChI is InChI=1S/C19H26N4O2/c1-2-25-16-9-6-5-8-15(16)11-12-19(24)20-14-18-22-21-17-10-4-3-7-13-23(17)18/h5-6,8-9H,2-4,7,10-14H2,1H3,(H,20,24). The Morgan fingerprint density at radius 1 is 1.24 bits per heavy atom. The molecular weight excluding hydrogens is 316 g/mol. The van der Waals surface area contributed by atoms with Crippen LogP contribution in [0.25, 0.3) is 0 Å². The predicted molar refractivity (Wildman–Crippen MR) is 95.4 cm³/mol. The van der Waals surface area contributed by atoms with E-state index in [4.69, 9.17) is 4.74 Å². The molecule has 0 spiro atoms. The van der Waals surface area contributed by atoms with E-state index in [0.29, 0.717) is 26.0 Å². The van der Waals surface area contributed by atoms with Crippen LogP contribution < -0.4 is 10.1 Å². The molecule has 0 saturated heterocycles. The van der Waals surface area contributed by atoms with E-state index in [1.165, 1.54) is 12.8 Å². The van der Waals surface area contributed by atoms with Crippen molar-refractivity contribution in [2.75, 3.05) is 6.61 Å². The molecule has 25 heavy (non-hydrogen) atoms. The van der Waals surface area contributed by atoms with Crippen molar-refractivity contribution < 1.29 is 9.53 Å². The van der Waals surface area contributed by atoms with Crippen molar-refractivity contribution in [1.29, 1.82) is 0 Å². The summed E-state index contributed by atoms with van der Waals surface area (Å²) >= 11 is 0. The number of ether oxygens (including phenoxy) is 1. The van der Waals surface area contributed by atoms with Gasteiger partial charge in [-0.05, 0) is 37.8 Å². The van der Waals surface area contributed by atoms with Crippen LogP contribution in [0.15, 0.2) is 24.3 Å². The summed E-state index contributed by atoms with van der Waals surface area (Å²) in [7, 11) is 0. The van der Waals surface area contributed by atoms with Crippen LogP contribution in [0.3, 0.4) is 0 Å². The first-order valence-corrected chi connectivity index (χ1v) is 9.16. The Labute approximate surface area is 148 Å². The average molecular weight is 342 g/mol. The van der Waals surface area contributed by atoms with Crippen molar-refractivity contribution in [2.45, 2.75) is 58.5 Å². The third-order valence-electron chi connectivity index (χ3n) is 4.52. The highest BCUT2D eigenvalue weighted by Gasteiger charge is 2.15. The van der Waals surface area contributed by atoms with Gasteiger partial charge >= 0.3 is 0 Å². The third-order valence-corrected chi connectivity index (χ3v) is 4.52. The highest BCUT2D eigenvalue weighted by molar-refractivity contribution is 5.76. The lowest BCUT2D eigenvalue weighted by Crippen LogP contribution is -2.25. The molecule has 2 heterocycles. The van der Waals surface area contributed by atoms with E-state index in [1.807, 2.05) is 31.2 Å². The fourth-order valence-corrected chi connectivity index (χ4v) is 3.20. The number of benzene rings is 1. The van der Waals surface area contributed by atoms with Gasteiger partial charge in [0.1, 0.15) is 11.6 Å². The number of para-hydroxylation sites is 1. The van der Waals surface area contributed by atoms with Crippen molar-refractivity contribution in [2.24, 2.45) is 0 Å². The molecule has 1 aliphatic rings. The Morgan fingerprint density at radius 3 is 3.00 bits per heavy atom. The SMILES string of the molecule is CCOc1ccccc1CCC(=O)NCc1nnc2n1CCCCC2. The molecule has 1 aliphatic heterocycles. The maximum atomic E-state index is 12.2. The topological polar surface area (TPSA) is 69.0 Å². The van der Waals surface area contributed by atoms with Crippen molar-refractivity contribution in [1.82, 2.24) is 20.1 Å². The number of amides is 1. The van der Waals surface area contributed by atoms with Gasteiger partial charge in [0.25, 0.3) is 0 Å². The lowest BCUT2D eigenvalue weighted by atomic mass is 10.1. The smallest absolute Gasteiger partial charge is 0.220 e. The summed E-state index contributed by atoms with van der Waals surface area (Å²) in [6.45, 7) is 3.99. The normalized spacial score (nSPS) is 13.8. The molecule has 0 bridgehead atoms. The molecule has 6 heteroatoms. The number of nitrogens with zero attached hydrogens (tertiary/aromatic N) is 3. The maximum absolute atomic E-state index is 12.2. The second-order valence-corrected chi connectivity index (χ2v) is 6.31. The molecule has 1 amide bonds. The monoisotopic (exact) mass is 342 g/mol. The van der Waals surface area contributed by atoms with Gasteiger partial charge in [0.05, 0.1) is 13.2 Å². The number of aryl methyl sites for hydroxylation is 2. The minimum absolute atomic E-state index is 0.0253. The Bertz CT molecular complexity index is 711. The quantitative estimate of drug-likeness (QED) is 0.840. The van der Waals surface area contributed by atoms with Gasteiger partial charge in [0, 0.05) is 19.4 Å². The van der Waals surface area contributed by atoms with E-state index in [0.717, 1.165) is 42.3 Å². The fraction of sp³-hybridized carbons (Fsp3) is 0.526. The summed E-state index contributed by atoms with van der Waals surface area (Å²) in [6, 6.07) is 7.88. The number of nitrogens with one attached hydrogen (secondary N) is 1. The largest absolute Gasteiger partial charge is 0.494 e. The van der Waals surface area contributed by atoms with Crippen molar-refractivity contribution in [3.63, 3.8) is 0 Å². The summed E-state index contributed by atoms with van der Waals surface area (Å²) in [5.74, 6) is 2.80. The van der Waals surface area contributed by atoms with Crippen molar-refractivity contribution in [3.8, 4) is 5.75 Å². The van der Waals surface area contributed by atoms with Crippen LogP contribution in [-0.4, -0.2) is 27.3 Å². The number of fused-ring (bicyclic) bond motifs is 1. The van der Waals surface area contributed by atoms with Gasteiger partial charge in [-0.25, -0.2) is 0 Å². The summed E-state index contributed by atoms with van der Waals surface area (Å²) in [5, 5.41) is 11.5. The van der Waals surface area contributed by atoms with E-state index < -0.39 is 0 Å². The highest BCUT2D eigenvalue weighted by atomic mass is 16.5. The average Bonchev–Trinajstić information content (AvgIpc) is 2.86. The zero-order chi connectivity index (χ0) is 17.5. The van der Waals surface area contributed by atoms with E-state index in [-0.39, 0.29) is 5.91 Å². The van der Waals surface area contributed by atoms with E-state index in [1.54, 1.807) is 0 Å². The Kier molecular flexibility index (Phi) is 6.04. The van der Waals surface area contributed by atoms with Crippen molar-refractivity contribution in [3.05, 3.63) is 41.5 Å². The first-order valence-electron chi connectivity index (χ1n) is 9.16. The lowest BCUT2D eigenvalue weighted by Gasteiger charge is -2.10. The zero-order valence-corrected chi connectivity index (χ0v) is 14.8. The van der Waals surface area contributed by atoms with Gasteiger partial charge in [-0.1, -0.05) is 24.6 Å². The van der Waals surface area contributed by atoms with Gasteiger partial charge in [0.2, 0.25) is 5.91 Å². The summed E-state index contributed by atoms with van der Waals surface area (Å²) in [4.78, 5) is 12.2. The Morgan fingerprint density at radius 2 is 2.12 bits per heavy atom. The summed E-state index contributed by atoms with van der Waals surface area (Å²) in [6.07, 6.45) is 5.64. The van der Waals surface area contributed by atoms with E-state index >= 15 is 0 Å². The predicted octanol–water partition coefficient (Wildman–Crippen LogP) is 2.65. The molecule has 3 rings (SSSR count). The highest BCUT2D eigenvalue weighted by Crippen LogP contribution is 2.19. The molecule has 1 aromatic carbocycles. The molecule has 1 aromatic heterocycles. The van der Waals surface area contributed by atoms with Gasteiger partial charge in [-0.3, -0.25) is 4.79 Å². The van der Waals surface area contributed by atoms with Crippen LogP contribution in [0.5, 0.6) is 5.75 Å². The Balaban J connectivity index is 1.51. The van der Waals surface area contributed by atoms with Crippen LogP contribution in [0.4, 0.5) is 0 Å². The molecule has 0 saturated carbocycles. The van der Waals surface area contributed by atoms with E-state index in [2.05, 4.69) is 20.1 Å². The molecule has 1 N–H and O–H groups in total. The fourth-order valence-electron chi connectivity index (χ4n) is 3.20. The molecule has 0 fully saturated rings. The number of hydrogen-bond acceptors (Lipinski definition) is 4.